The third-order valence-electron chi connectivity index (χ3n) is 7.92. The van der Waals surface area contributed by atoms with E-state index >= 15 is 0 Å². The molecule has 0 bridgehead atoms. The Hall–Kier alpha value is -3.86. The minimum absolute atomic E-state index is 0.0810. The largest absolute Gasteiger partial charge is 0.481 e. The molecule has 2 fully saturated rings. The lowest BCUT2D eigenvalue weighted by atomic mass is 9.88. The van der Waals surface area contributed by atoms with E-state index in [1.165, 1.54) is 12.1 Å². The number of aromatic nitrogens is 2. The molecule has 1 aliphatic carbocycles. The van der Waals surface area contributed by atoms with E-state index in [1.54, 1.807) is 29.2 Å². The van der Waals surface area contributed by atoms with Crippen molar-refractivity contribution in [2.75, 3.05) is 18.4 Å². The summed E-state index contributed by atoms with van der Waals surface area (Å²) in [5.41, 5.74) is -0.431. The number of anilines is 1. The van der Waals surface area contributed by atoms with Crippen molar-refractivity contribution in [1.82, 2.24) is 14.7 Å². The van der Waals surface area contributed by atoms with Gasteiger partial charge in [0.2, 0.25) is 5.91 Å². The molecular weight excluding hydrogens is 561 g/mol. The number of piperidine rings is 1. The standard InChI is InChI=1S/C29H28ClF3N4O4/c30-23-6-1-2-7-24(23)37-16-22(25(35-37)29(31,32)33)26(38)34-19-10-8-17(9-11-19)18-12-14-36(15-13-18)27(39)20-4-3-5-21(20)28(40)41/h1-2,6-11,16,18,20-21H,3-5,12-15H2,(H,34,38)(H,40,41). The van der Waals surface area contributed by atoms with Crippen LogP contribution in [0.5, 0.6) is 0 Å². The SMILES string of the molecule is O=C(Nc1ccc(C2CCN(C(=O)C3CCCC3C(=O)O)CC2)cc1)c1cn(-c2ccccc2Cl)nc1C(F)(F)F. The molecule has 0 radical (unpaired) electrons. The molecule has 41 heavy (non-hydrogen) atoms. The Labute approximate surface area is 239 Å². The van der Waals surface area contributed by atoms with Crippen molar-refractivity contribution in [2.45, 2.75) is 44.2 Å². The van der Waals surface area contributed by atoms with Gasteiger partial charge in [0.1, 0.15) is 0 Å². The van der Waals surface area contributed by atoms with E-state index in [0.717, 1.165) is 22.9 Å². The van der Waals surface area contributed by atoms with Crippen LogP contribution in [-0.4, -0.2) is 50.7 Å². The van der Waals surface area contributed by atoms with E-state index in [9.17, 15) is 32.7 Å². The van der Waals surface area contributed by atoms with Gasteiger partial charge in [-0.15, -0.1) is 0 Å². The van der Waals surface area contributed by atoms with E-state index < -0.39 is 41.1 Å². The lowest BCUT2D eigenvalue weighted by molar-refractivity contribution is -0.149. The number of carbonyl (C=O) groups is 3. The molecule has 8 nitrogen and oxygen atoms in total. The van der Waals surface area contributed by atoms with Crippen LogP contribution in [0.4, 0.5) is 18.9 Å². The number of amides is 2. The first-order valence-electron chi connectivity index (χ1n) is 13.4. The number of carboxylic acid groups (broad SMARTS) is 1. The van der Waals surface area contributed by atoms with Crippen molar-refractivity contribution in [3.8, 4) is 5.69 Å². The zero-order chi connectivity index (χ0) is 29.3. The topological polar surface area (TPSA) is 105 Å². The van der Waals surface area contributed by atoms with Gasteiger partial charge in [-0.1, -0.05) is 42.3 Å². The third-order valence-corrected chi connectivity index (χ3v) is 8.24. The predicted molar refractivity (Wildman–Crippen MR) is 145 cm³/mol. The molecule has 3 aromatic rings. The van der Waals surface area contributed by atoms with Crippen molar-refractivity contribution in [1.29, 1.82) is 0 Å². The molecule has 2 amide bonds. The van der Waals surface area contributed by atoms with Gasteiger partial charge in [0.15, 0.2) is 5.69 Å². The van der Waals surface area contributed by atoms with Crippen molar-refractivity contribution in [2.24, 2.45) is 11.8 Å². The molecule has 1 saturated heterocycles. The maximum absolute atomic E-state index is 13.7. The zero-order valence-electron chi connectivity index (χ0n) is 21.9. The Bertz CT molecular complexity index is 1450. The molecule has 0 spiro atoms. The van der Waals surface area contributed by atoms with Crippen LogP contribution in [-0.2, 0) is 15.8 Å². The maximum Gasteiger partial charge on any atom is 0.435 e. The number of hydrogen-bond acceptors (Lipinski definition) is 4. The van der Waals surface area contributed by atoms with Gasteiger partial charge in [0.05, 0.1) is 28.1 Å². The number of nitrogens with zero attached hydrogens (tertiary/aromatic N) is 3. The normalized spacial score (nSPS) is 19.8. The average molecular weight is 589 g/mol. The summed E-state index contributed by atoms with van der Waals surface area (Å²) in [6, 6.07) is 13.1. The number of aliphatic carboxylic acids is 1. The number of halogens is 4. The predicted octanol–water partition coefficient (Wildman–Crippen LogP) is 6.00. The van der Waals surface area contributed by atoms with Crippen LogP contribution in [0.3, 0.4) is 0 Å². The first-order valence-corrected chi connectivity index (χ1v) is 13.8. The van der Waals surface area contributed by atoms with Gasteiger partial charge >= 0.3 is 12.1 Å². The minimum Gasteiger partial charge on any atom is -0.481 e. The van der Waals surface area contributed by atoms with Gasteiger partial charge in [-0.2, -0.15) is 18.3 Å². The maximum atomic E-state index is 13.7. The fourth-order valence-electron chi connectivity index (χ4n) is 5.77. The summed E-state index contributed by atoms with van der Waals surface area (Å²) in [5.74, 6) is -2.85. The first kappa shape index (κ1) is 28.7. The molecule has 12 heteroatoms. The highest BCUT2D eigenvalue weighted by molar-refractivity contribution is 6.32. The highest BCUT2D eigenvalue weighted by Crippen LogP contribution is 2.36. The summed E-state index contributed by atoms with van der Waals surface area (Å²) in [7, 11) is 0. The van der Waals surface area contributed by atoms with Gasteiger partial charge in [-0.3, -0.25) is 14.4 Å². The molecule has 2 heterocycles. The van der Waals surface area contributed by atoms with E-state index in [-0.39, 0.29) is 22.5 Å². The Morgan fingerprint density at radius 2 is 1.61 bits per heavy atom. The molecule has 2 unspecified atom stereocenters. The van der Waals surface area contributed by atoms with E-state index in [1.807, 2.05) is 12.1 Å². The van der Waals surface area contributed by atoms with Gasteiger partial charge in [0, 0.05) is 25.0 Å². The molecule has 2 aromatic carbocycles. The second-order valence-corrected chi connectivity index (χ2v) is 10.9. The summed E-state index contributed by atoms with van der Waals surface area (Å²) in [5, 5.41) is 15.7. The second-order valence-electron chi connectivity index (χ2n) is 10.4. The quantitative estimate of drug-likeness (QED) is 0.367. The molecule has 1 aromatic heterocycles. The summed E-state index contributed by atoms with van der Waals surface area (Å²) < 4.78 is 42.1. The number of rotatable bonds is 6. The van der Waals surface area contributed by atoms with Gasteiger partial charge in [0.25, 0.3) is 5.91 Å². The molecule has 5 rings (SSSR count). The number of carbonyl (C=O) groups excluding carboxylic acids is 2. The third kappa shape index (κ3) is 6.09. The van der Waals surface area contributed by atoms with Crippen LogP contribution in [0.1, 0.15) is 59.6 Å². The minimum atomic E-state index is -4.86. The van der Waals surface area contributed by atoms with Crippen LogP contribution in [0.2, 0.25) is 5.02 Å². The number of likely N-dealkylation sites (tertiary alicyclic amines) is 1. The second kappa shape index (κ2) is 11.6. The molecular formula is C29H28ClF3N4O4. The summed E-state index contributed by atoms with van der Waals surface area (Å²) in [6.45, 7) is 1.06. The van der Waals surface area contributed by atoms with Crippen molar-refractivity contribution in [3.63, 3.8) is 0 Å². The summed E-state index contributed by atoms with van der Waals surface area (Å²) in [4.78, 5) is 39.1. The Morgan fingerprint density at radius 1 is 0.951 bits per heavy atom. The molecule has 1 aliphatic heterocycles. The molecule has 216 valence electrons. The lowest BCUT2D eigenvalue weighted by Crippen LogP contribution is -2.43. The number of nitrogens with one attached hydrogen (secondary N) is 1. The van der Waals surface area contributed by atoms with Gasteiger partial charge < -0.3 is 15.3 Å². The van der Waals surface area contributed by atoms with Crippen LogP contribution in [0.25, 0.3) is 5.69 Å². The zero-order valence-corrected chi connectivity index (χ0v) is 22.7. The number of benzene rings is 2. The average Bonchev–Trinajstić information content (AvgIpc) is 3.62. The Morgan fingerprint density at radius 3 is 2.24 bits per heavy atom. The fourth-order valence-corrected chi connectivity index (χ4v) is 5.99. The summed E-state index contributed by atoms with van der Waals surface area (Å²) in [6.07, 6.45) is -0.552. The highest BCUT2D eigenvalue weighted by atomic mass is 35.5. The van der Waals surface area contributed by atoms with Crippen molar-refractivity contribution in [3.05, 3.63) is 76.6 Å². The first-order chi connectivity index (χ1) is 19.5. The van der Waals surface area contributed by atoms with Crippen LogP contribution < -0.4 is 5.32 Å². The van der Waals surface area contributed by atoms with Crippen LogP contribution in [0.15, 0.2) is 54.7 Å². The smallest absolute Gasteiger partial charge is 0.435 e. The monoisotopic (exact) mass is 588 g/mol. The number of alkyl halides is 3. The van der Waals surface area contributed by atoms with E-state index in [2.05, 4.69) is 10.4 Å². The van der Waals surface area contributed by atoms with Crippen LogP contribution in [0, 0.1) is 11.8 Å². The van der Waals surface area contributed by atoms with Gasteiger partial charge in [-0.05, 0) is 61.4 Å². The number of para-hydroxylation sites is 1. The Balaban J connectivity index is 1.23. The van der Waals surface area contributed by atoms with Crippen molar-refractivity contribution >= 4 is 35.1 Å². The lowest BCUT2D eigenvalue weighted by Gasteiger charge is -2.34. The van der Waals surface area contributed by atoms with Gasteiger partial charge in [-0.25, -0.2) is 4.68 Å². The molecule has 2 atom stereocenters. The molecule has 2 N–H and O–H groups in total. The summed E-state index contributed by atoms with van der Waals surface area (Å²) >= 11 is 6.11. The Kier molecular flexibility index (Phi) is 8.08. The molecule has 1 saturated carbocycles. The van der Waals surface area contributed by atoms with Crippen molar-refractivity contribution < 1.29 is 32.7 Å². The fraction of sp³-hybridized carbons (Fsp3) is 0.379. The van der Waals surface area contributed by atoms with E-state index in [0.29, 0.717) is 44.5 Å². The van der Waals surface area contributed by atoms with E-state index in [4.69, 9.17) is 11.6 Å². The number of carboxylic acids is 1. The molecule has 2 aliphatic rings. The highest BCUT2D eigenvalue weighted by Gasteiger charge is 2.41. The van der Waals surface area contributed by atoms with Crippen LogP contribution >= 0.6 is 11.6 Å². The number of hydrogen-bond donors (Lipinski definition) is 2.